The zero-order valence-corrected chi connectivity index (χ0v) is 16.4. The van der Waals surface area contributed by atoms with E-state index in [1.807, 2.05) is 0 Å². The van der Waals surface area contributed by atoms with E-state index in [0.717, 1.165) is 21.3 Å². The van der Waals surface area contributed by atoms with Crippen molar-refractivity contribution in [2.45, 2.75) is 19.5 Å². The SMILES string of the molecule is Cc1c(CC(=S)C(=O)N(C)C)c(=O)n(C)c(=O)n1-c1cccc(C(F)(F)F)c1. The third kappa shape index (κ3) is 4.06. The summed E-state index contributed by atoms with van der Waals surface area (Å²) in [6.07, 6.45) is -4.79. The number of carbonyl (C=O) groups excluding carboxylic acids is 1. The summed E-state index contributed by atoms with van der Waals surface area (Å²) in [7, 11) is 4.22. The van der Waals surface area contributed by atoms with Gasteiger partial charge in [-0.25, -0.2) is 4.79 Å². The van der Waals surface area contributed by atoms with Gasteiger partial charge in [-0.05, 0) is 25.1 Å². The van der Waals surface area contributed by atoms with Gasteiger partial charge in [0.2, 0.25) is 0 Å². The van der Waals surface area contributed by atoms with Gasteiger partial charge in [0, 0.05) is 38.8 Å². The molecular weight excluding hydrogens is 395 g/mol. The first-order valence-corrected chi connectivity index (χ1v) is 8.50. The highest BCUT2D eigenvalue weighted by atomic mass is 32.1. The summed E-state index contributed by atoms with van der Waals surface area (Å²) in [5.74, 6) is -0.465. The van der Waals surface area contributed by atoms with Gasteiger partial charge in [-0.2, -0.15) is 13.2 Å². The van der Waals surface area contributed by atoms with E-state index in [1.54, 1.807) is 0 Å². The predicted octanol–water partition coefficient (Wildman–Crippen LogP) is 1.86. The van der Waals surface area contributed by atoms with E-state index in [1.165, 1.54) is 45.1 Å². The fraction of sp³-hybridized carbons (Fsp3) is 0.333. The maximum atomic E-state index is 13.0. The number of rotatable bonds is 4. The minimum atomic E-state index is -4.59. The van der Waals surface area contributed by atoms with E-state index in [-0.39, 0.29) is 28.2 Å². The van der Waals surface area contributed by atoms with Crippen molar-refractivity contribution in [1.82, 2.24) is 14.0 Å². The van der Waals surface area contributed by atoms with Crippen LogP contribution in [0.4, 0.5) is 13.2 Å². The van der Waals surface area contributed by atoms with Crippen molar-refractivity contribution in [1.29, 1.82) is 0 Å². The third-order valence-electron chi connectivity index (χ3n) is 4.23. The van der Waals surface area contributed by atoms with Crippen LogP contribution in [0.2, 0.25) is 0 Å². The number of alkyl halides is 3. The molecule has 0 spiro atoms. The van der Waals surface area contributed by atoms with Crippen molar-refractivity contribution in [2.24, 2.45) is 7.05 Å². The number of hydrogen-bond acceptors (Lipinski definition) is 4. The number of nitrogens with zero attached hydrogens (tertiary/aromatic N) is 3. The Bertz CT molecular complexity index is 1070. The quantitative estimate of drug-likeness (QED) is 0.718. The summed E-state index contributed by atoms with van der Waals surface area (Å²) in [4.78, 5) is 38.3. The van der Waals surface area contributed by atoms with Gasteiger partial charge in [0.1, 0.15) is 0 Å². The van der Waals surface area contributed by atoms with Crippen molar-refractivity contribution >= 4 is 23.0 Å². The fourth-order valence-corrected chi connectivity index (χ4v) is 3.01. The molecule has 1 heterocycles. The van der Waals surface area contributed by atoms with Crippen LogP contribution >= 0.6 is 12.2 Å². The number of amides is 1. The Kier molecular flexibility index (Phi) is 5.93. The highest BCUT2D eigenvalue weighted by Crippen LogP contribution is 2.30. The molecule has 150 valence electrons. The van der Waals surface area contributed by atoms with E-state index < -0.39 is 28.9 Å². The minimum Gasteiger partial charge on any atom is -0.344 e. The Morgan fingerprint density at radius 1 is 1.21 bits per heavy atom. The molecule has 0 N–H and O–H groups in total. The van der Waals surface area contributed by atoms with Crippen LogP contribution in [0.3, 0.4) is 0 Å². The lowest BCUT2D eigenvalue weighted by Crippen LogP contribution is -2.42. The summed E-state index contributed by atoms with van der Waals surface area (Å²) < 4.78 is 40.9. The maximum Gasteiger partial charge on any atom is 0.416 e. The Balaban J connectivity index is 2.70. The highest BCUT2D eigenvalue weighted by molar-refractivity contribution is 7.82. The first-order valence-electron chi connectivity index (χ1n) is 8.10. The molecule has 2 aromatic rings. The molecule has 0 unspecified atom stereocenters. The molecule has 28 heavy (non-hydrogen) atoms. The van der Waals surface area contributed by atoms with Gasteiger partial charge < -0.3 is 4.90 Å². The summed E-state index contributed by atoms with van der Waals surface area (Å²) >= 11 is 5.08. The summed E-state index contributed by atoms with van der Waals surface area (Å²) in [6, 6.07) is 4.22. The molecule has 1 amide bonds. The zero-order valence-electron chi connectivity index (χ0n) is 15.6. The van der Waals surface area contributed by atoms with Crippen LogP contribution < -0.4 is 11.2 Å². The van der Waals surface area contributed by atoms with E-state index in [4.69, 9.17) is 12.2 Å². The van der Waals surface area contributed by atoms with Gasteiger partial charge in [-0.3, -0.25) is 18.7 Å². The third-order valence-corrected chi connectivity index (χ3v) is 4.55. The monoisotopic (exact) mass is 413 g/mol. The zero-order chi connectivity index (χ0) is 21.4. The van der Waals surface area contributed by atoms with Crippen LogP contribution in [-0.2, 0) is 24.4 Å². The molecule has 0 fully saturated rings. The molecule has 10 heteroatoms. The topological polar surface area (TPSA) is 64.3 Å². The second-order valence-corrected chi connectivity index (χ2v) is 6.89. The average Bonchev–Trinajstić information content (AvgIpc) is 2.62. The van der Waals surface area contributed by atoms with Crippen LogP contribution in [-0.4, -0.2) is 38.9 Å². The number of aromatic nitrogens is 2. The predicted molar refractivity (Wildman–Crippen MR) is 102 cm³/mol. The van der Waals surface area contributed by atoms with Crippen LogP contribution in [0.1, 0.15) is 16.8 Å². The molecule has 1 aromatic carbocycles. The van der Waals surface area contributed by atoms with Crippen LogP contribution in [0.25, 0.3) is 5.69 Å². The second-order valence-electron chi connectivity index (χ2n) is 6.39. The Morgan fingerprint density at radius 2 is 1.82 bits per heavy atom. The normalized spacial score (nSPS) is 11.4. The molecule has 0 aliphatic heterocycles. The number of benzene rings is 1. The molecule has 0 saturated carbocycles. The van der Waals surface area contributed by atoms with Gasteiger partial charge in [0.25, 0.3) is 11.5 Å². The van der Waals surface area contributed by atoms with Crippen molar-refractivity contribution in [3.05, 3.63) is 61.9 Å². The lowest BCUT2D eigenvalue weighted by atomic mass is 10.1. The van der Waals surface area contributed by atoms with Crippen LogP contribution in [0.15, 0.2) is 33.9 Å². The smallest absolute Gasteiger partial charge is 0.344 e. The number of carbonyl (C=O) groups is 1. The molecule has 0 saturated heterocycles. The van der Waals surface area contributed by atoms with Gasteiger partial charge in [0.05, 0.1) is 16.1 Å². The molecule has 0 radical (unpaired) electrons. The molecule has 0 aliphatic rings. The average molecular weight is 413 g/mol. The van der Waals surface area contributed by atoms with Gasteiger partial charge >= 0.3 is 11.9 Å². The van der Waals surface area contributed by atoms with Crippen LogP contribution in [0.5, 0.6) is 0 Å². The first kappa shape index (κ1) is 21.5. The van der Waals surface area contributed by atoms with Gasteiger partial charge in [0.15, 0.2) is 0 Å². The molecule has 0 aliphatic carbocycles. The Hall–Kier alpha value is -2.75. The van der Waals surface area contributed by atoms with Crippen molar-refractivity contribution in [3.8, 4) is 5.69 Å². The van der Waals surface area contributed by atoms with Gasteiger partial charge in [-0.1, -0.05) is 18.3 Å². The summed E-state index contributed by atoms with van der Waals surface area (Å²) in [5, 5.41) is 0. The lowest BCUT2D eigenvalue weighted by Gasteiger charge is -2.17. The molecule has 1 aromatic heterocycles. The first-order chi connectivity index (χ1) is 12.9. The lowest BCUT2D eigenvalue weighted by molar-refractivity contribution is -0.137. The Labute approximate surface area is 163 Å². The second kappa shape index (κ2) is 7.70. The summed E-state index contributed by atoms with van der Waals surface area (Å²) in [5.41, 5.74) is -2.22. The largest absolute Gasteiger partial charge is 0.416 e. The fourth-order valence-electron chi connectivity index (χ4n) is 2.69. The Morgan fingerprint density at radius 3 is 2.36 bits per heavy atom. The van der Waals surface area contributed by atoms with E-state index in [9.17, 15) is 27.6 Å². The summed E-state index contributed by atoms with van der Waals surface area (Å²) in [6.45, 7) is 1.43. The van der Waals surface area contributed by atoms with E-state index in [0.29, 0.717) is 0 Å². The van der Waals surface area contributed by atoms with E-state index >= 15 is 0 Å². The van der Waals surface area contributed by atoms with E-state index in [2.05, 4.69) is 0 Å². The standard InChI is InChI=1S/C18H18F3N3O3S/c1-10-13(9-14(28)16(26)22(2)3)15(25)23(4)17(27)24(10)12-7-5-6-11(8-12)18(19,20)21/h5-8H,9H2,1-4H3. The maximum absolute atomic E-state index is 13.0. The molecule has 0 atom stereocenters. The molecule has 0 bridgehead atoms. The van der Waals surface area contributed by atoms with Crippen molar-refractivity contribution < 1.29 is 18.0 Å². The molecule has 6 nitrogen and oxygen atoms in total. The van der Waals surface area contributed by atoms with Crippen molar-refractivity contribution in [2.75, 3.05) is 14.1 Å². The number of hydrogen-bond donors (Lipinski definition) is 0. The van der Waals surface area contributed by atoms with Crippen LogP contribution in [0, 0.1) is 6.92 Å². The molecular formula is C18H18F3N3O3S. The highest BCUT2D eigenvalue weighted by Gasteiger charge is 2.31. The van der Waals surface area contributed by atoms with Gasteiger partial charge in [-0.15, -0.1) is 0 Å². The number of halogens is 3. The minimum absolute atomic E-state index is 0.0422. The number of thiocarbonyl (C=S) groups is 1. The molecule has 2 rings (SSSR count). The van der Waals surface area contributed by atoms with Crippen molar-refractivity contribution in [3.63, 3.8) is 0 Å².